The molecule has 0 bridgehead atoms. The van der Waals surface area contributed by atoms with Gasteiger partial charge in [0.05, 0.1) is 0 Å². The van der Waals surface area contributed by atoms with Gasteiger partial charge in [0.15, 0.2) is 0 Å². The zero-order valence-electron chi connectivity index (χ0n) is 3.12. The van der Waals surface area contributed by atoms with Gasteiger partial charge in [-0.05, 0) is 0 Å². The Morgan fingerprint density at radius 3 is 2.00 bits per heavy atom. The van der Waals surface area contributed by atoms with Crippen molar-refractivity contribution in [2.75, 3.05) is 0 Å². The first-order valence-electron chi connectivity index (χ1n) is 1.71. The van der Waals surface area contributed by atoms with E-state index in [-0.39, 0.29) is 0 Å². The molecule has 0 radical (unpaired) electrons. The zero-order chi connectivity index (χ0) is 3.41. The molecule has 0 fully saturated rings. The van der Waals surface area contributed by atoms with Crippen LogP contribution in [0.4, 0.5) is 0 Å². The van der Waals surface area contributed by atoms with Gasteiger partial charge in [-0.1, -0.05) is 0 Å². The van der Waals surface area contributed by atoms with Crippen LogP contribution >= 0.6 is 0 Å². The van der Waals surface area contributed by atoms with Gasteiger partial charge >= 0.3 is 39.6 Å². The van der Waals surface area contributed by atoms with Crippen LogP contribution in [0.3, 0.4) is 0 Å². The SMILES string of the molecule is CC[CH2][Mg+]. The van der Waals surface area contributed by atoms with Gasteiger partial charge in [-0.3, -0.25) is 0 Å². The van der Waals surface area contributed by atoms with Crippen LogP contribution in [0.5, 0.6) is 0 Å². The van der Waals surface area contributed by atoms with Crippen LogP contribution < -0.4 is 0 Å². The Balaban J connectivity index is 1.97. The second-order valence-electron chi connectivity index (χ2n) is 0.854. The van der Waals surface area contributed by atoms with E-state index in [9.17, 15) is 0 Å². The summed E-state index contributed by atoms with van der Waals surface area (Å²) in [5.41, 5.74) is 0. The summed E-state index contributed by atoms with van der Waals surface area (Å²) in [6.45, 7) is 2.19. The second kappa shape index (κ2) is 3.77. The van der Waals surface area contributed by atoms with Crippen molar-refractivity contribution in [3.63, 3.8) is 0 Å². The molecule has 0 atom stereocenters. The van der Waals surface area contributed by atoms with Crippen molar-refractivity contribution < 1.29 is 0 Å². The molecule has 0 N–H and O–H groups in total. The van der Waals surface area contributed by atoms with Crippen LogP contribution in [0, 0.1) is 0 Å². The molecule has 0 aromatic rings. The normalized spacial score (nSPS) is 7.75. The Hall–Kier alpha value is 0.766. The van der Waals surface area contributed by atoms with E-state index in [2.05, 4.69) is 6.92 Å². The molecule has 0 unspecified atom stereocenters. The Morgan fingerprint density at radius 2 is 2.00 bits per heavy atom. The van der Waals surface area contributed by atoms with Gasteiger partial charge in [-0.2, -0.15) is 0 Å². The summed E-state index contributed by atoms with van der Waals surface area (Å²) in [5, 5.41) is 0. The standard InChI is InChI=1S/C3H7.Mg/c1-3-2;/h1,3H2,2H3;/q;+1. The first-order valence-corrected chi connectivity index (χ1v) is 2.71. The van der Waals surface area contributed by atoms with Gasteiger partial charge in [-0.15, -0.1) is 0 Å². The summed E-state index contributed by atoms with van der Waals surface area (Å²) in [4.78, 5) is 0. The molecule has 4 heavy (non-hydrogen) atoms. The number of rotatable bonds is 1. The fourth-order valence-electron chi connectivity index (χ4n) is 0. The predicted octanol–water partition coefficient (Wildman–Crippen LogP) is 0.983. The van der Waals surface area contributed by atoms with Crippen LogP contribution in [-0.4, -0.2) is 21.7 Å². The summed E-state index contributed by atoms with van der Waals surface area (Å²) >= 11 is 2.02. The molecule has 0 aromatic heterocycles. The van der Waals surface area contributed by atoms with E-state index in [4.69, 9.17) is 0 Å². The molecular weight excluding hydrogens is 60.3 g/mol. The van der Waals surface area contributed by atoms with Crippen LogP contribution in [-0.2, 0) is 0 Å². The number of hydrogen-bond acceptors (Lipinski definition) is 0. The van der Waals surface area contributed by atoms with E-state index >= 15 is 0 Å². The maximum absolute atomic E-state index is 2.19. The fraction of sp³-hybridized carbons (Fsp3) is 1.00. The van der Waals surface area contributed by atoms with Gasteiger partial charge in [0.25, 0.3) is 0 Å². The third-order valence-electron chi connectivity index (χ3n) is 0.354. The molecule has 0 aliphatic heterocycles. The van der Waals surface area contributed by atoms with Crippen molar-refractivity contribution in [1.82, 2.24) is 0 Å². The Kier molecular flexibility index (Phi) is 4.49. The van der Waals surface area contributed by atoms with E-state index in [1.807, 2.05) is 21.7 Å². The van der Waals surface area contributed by atoms with E-state index in [1.54, 1.807) is 0 Å². The quantitative estimate of drug-likeness (QED) is 0.401. The van der Waals surface area contributed by atoms with Crippen LogP contribution in [0.15, 0.2) is 0 Å². The molecule has 0 rings (SSSR count). The molecular formula is C3H7Mg+. The van der Waals surface area contributed by atoms with E-state index in [0.29, 0.717) is 0 Å². The molecule has 0 spiro atoms. The van der Waals surface area contributed by atoms with Crippen LogP contribution in [0.1, 0.15) is 13.3 Å². The molecule has 0 heterocycles. The third kappa shape index (κ3) is 2.77. The Labute approximate surface area is 40.0 Å². The summed E-state index contributed by atoms with van der Waals surface area (Å²) in [6.07, 6.45) is 1.33. The Bertz CT molecular complexity index is 5.25. The Morgan fingerprint density at radius 1 is 1.75 bits per heavy atom. The van der Waals surface area contributed by atoms with E-state index in [1.165, 1.54) is 11.0 Å². The van der Waals surface area contributed by atoms with Crippen molar-refractivity contribution in [1.29, 1.82) is 0 Å². The zero-order valence-corrected chi connectivity index (χ0v) is 4.54. The van der Waals surface area contributed by atoms with Crippen LogP contribution in [0.25, 0.3) is 0 Å². The van der Waals surface area contributed by atoms with E-state index < -0.39 is 0 Å². The van der Waals surface area contributed by atoms with Gasteiger partial charge in [0.2, 0.25) is 0 Å². The summed E-state index contributed by atoms with van der Waals surface area (Å²) in [6, 6.07) is 0. The topological polar surface area (TPSA) is 0 Å². The number of hydrogen-bond donors (Lipinski definition) is 0. The first kappa shape index (κ1) is 4.77. The van der Waals surface area contributed by atoms with Crippen molar-refractivity contribution in [2.45, 2.75) is 17.9 Å². The molecule has 20 valence electrons. The molecule has 0 saturated heterocycles. The van der Waals surface area contributed by atoms with Crippen molar-refractivity contribution in [2.24, 2.45) is 0 Å². The van der Waals surface area contributed by atoms with Gasteiger partial charge in [0.1, 0.15) is 0 Å². The van der Waals surface area contributed by atoms with Gasteiger partial charge in [0, 0.05) is 0 Å². The maximum atomic E-state index is 2.19. The minimum absolute atomic E-state index is 1.33. The summed E-state index contributed by atoms with van der Waals surface area (Å²) < 4.78 is 1.35. The summed E-state index contributed by atoms with van der Waals surface area (Å²) in [5.74, 6) is 0. The molecule has 0 saturated carbocycles. The average Bonchev–Trinajstić information content (AvgIpc) is 1.37. The minimum atomic E-state index is 1.33. The third-order valence-corrected chi connectivity index (χ3v) is 1.06. The first-order chi connectivity index (χ1) is 1.91. The monoisotopic (exact) mass is 67.0 g/mol. The molecule has 0 amide bonds. The van der Waals surface area contributed by atoms with Crippen LogP contribution in [0.2, 0.25) is 4.55 Å². The average molecular weight is 67.4 g/mol. The summed E-state index contributed by atoms with van der Waals surface area (Å²) in [7, 11) is 0. The molecule has 0 aliphatic rings. The van der Waals surface area contributed by atoms with E-state index in [0.717, 1.165) is 0 Å². The van der Waals surface area contributed by atoms with Crippen molar-refractivity contribution in [3.8, 4) is 0 Å². The second-order valence-corrected chi connectivity index (χ2v) is 1.56. The molecule has 0 aliphatic carbocycles. The molecule has 1 heteroatoms. The van der Waals surface area contributed by atoms with Gasteiger partial charge in [-0.25, -0.2) is 0 Å². The van der Waals surface area contributed by atoms with Gasteiger partial charge < -0.3 is 0 Å². The van der Waals surface area contributed by atoms with Crippen molar-refractivity contribution in [3.05, 3.63) is 0 Å². The predicted molar refractivity (Wildman–Crippen MR) is 20.9 cm³/mol. The molecule has 0 nitrogen and oxygen atoms in total. The molecule has 0 aromatic carbocycles. The fourth-order valence-corrected chi connectivity index (χ4v) is 0. The van der Waals surface area contributed by atoms with Crippen molar-refractivity contribution >= 4 is 21.7 Å².